The minimum absolute atomic E-state index is 0.0445. The zero-order valence-corrected chi connectivity index (χ0v) is 21.4. The van der Waals surface area contributed by atoms with Crippen LogP contribution in [0.4, 0.5) is 13.2 Å². The van der Waals surface area contributed by atoms with Crippen molar-refractivity contribution in [1.82, 2.24) is 15.0 Å². The third-order valence-corrected chi connectivity index (χ3v) is 8.69. The Morgan fingerprint density at radius 3 is 2.62 bits per heavy atom. The fraction of sp³-hybridized carbons (Fsp3) is 0.346. The van der Waals surface area contributed by atoms with Crippen LogP contribution >= 0.6 is 11.3 Å². The summed E-state index contributed by atoms with van der Waals surface area (Å²) in [4.78, 5) is 12.4. The predicted molar refractivity (Wildman–Crippen MR) is 135 cm³/mol. The van der Waals surface area contributed by atoms with Crippen LogP contribution in [-0.2, 0) is 9.47 Å². The predicted octanol–water partition coefficient (Wildman–Crippen LogP) is 2.23. The van der Waals surface area contributed by atoms with Gasteiger partial charge in [0, 0.05) is 20.7 Å². The van der Waals surface area contributed by atoms with Crippen molar-refractivity contribution in [3.63, 3.8) is 0 Å². The first-order valence-electron chi connectivity index (χ1n) is 12.3. The molecule has 10 nitrogen and oxygen atoms in total. The summed E-state index contributed by atoms with van der Waals surface area (Å²) in [6, 6.07) is 7.16. The van der Waals surface area contributed by atoms with Crippen molar-refractivity contribution >= 4 is 27.3 Å². The van der Waals surface area contributed by atoms with E-state index in [-0.39, 0.29) is 17.9 Å². The number of fused-ring (bicyclic) bond motifs is 1. The molecule has 2 saturated heterocycles. The Hall–Kier alpha value is -3.40. The molecule has 2 fully saturated rings. The zero-order chi connectivity index (χ0) is 28.3. The number of aliphatic hydroxyl groups excluding tert-OH is 3. The van der Waals surface area contributed by atoms with Crippen molar-refractivity contribution in [2.75, 3.05) is 13.2 Å². The molecule has 0 saturated carbocycles. The molecule has 2 aromatic heterocycles. The Bertz CT molecular complexity index is 1590. The maximum atomic E-state index is 13.8. The monoisotopic (exact) mass is 576 g/mol. The molecule has 6 atom stereocenters. The maximum Gasteiger partial charge on any atom is 0.248 e. The molecule has 1 amide bonds. The van der Waals surface area contributed by atoms with E-state index < -0.39 is 66.0 Å². The number of primary amides is 1. The fourth-order valence-electron chi connectivity index (χ4n) is 5.50. The SMILES string of the molecule is NC(=O)c1ccc2sc([C@@H]3CCO[C@]34O[C@H](CO)[C@H](O)[C@H](n3cc(-c5cc(F)c(F)c(F)c5)nn3)[C@H]4O)cc2c1. The van der Waals surface area contributed by atoms with Gasteiger partial charge < -0.3 is 30.5 Å². The average molecular weight is 577 g/mol. The summed E-state index contributed by atoms with van der Waals surface area (Å²) in [6.45, 7) is -0.424. The second-order valence-electron chi connectivity index (χ2n) is 9.78. The molecule has 0 bridgehead atoms. The van der Waals surface area contributed by atoms with E-state index in [1.54, 1.807) is 18.2 Å². The number of aliphatic hydroxyl groups is 3. The lowest BCUT2D eigenvalue weighted by atomic mass is 9.82. The quantitative estimate of drug-likeness (QED) is 0.264. The van der Waals surface area contributed by atoms with Gasteiger partial charge in [0.15, 0.2) is 17.5 Å². The first-order valence-corrected chi connectivity index (χ1v) is 13.1. The smallest absolute Gasteiger partial charge is 0.248 e. The van der Waals surface area contributed by atoms with E-state index in [1.807, 2.05) is 6.07 Å². The summed E-state index contributed by atoms with van der Waals surface area (Å²) in [5.41, 5.74) is 5.60. The standard InChI is InChI=1S/C26H23F3N4O6S/c27-15-6-12(7-16(28)21(15)29)17-9-33(32-31-17)22-23(35)18(10-34)39-26(24(22)36)14(3-4-38-26)20-8-13-5-11(25(30)37)1-2-19(13)40-20/h1-2,5-9,14,18,22-24,34-36H,3-4,10H2,(H2,30,37)/t14-,18+,22-,23-,24+,26-/m0/s1. The van der Waals surface area contributed by atoms with E-state index in [2.05, 4.69) is 10.3 Å². The van der Waals surface area contributed by atoms with Crippen LogP contribution in [-0.4, -0.2) is 73.5 Å². The van der Waals surface area contributed by atoms with Crippen molar-refractivity contribution < 1.29 is 42.8 Å². The number of hydrogen-bond acceptors (Lipinski definition) is 9. The molecule has 0 aliphatic carbocycles. The third kappa shape index (κ3) is 4.19. The van der Waals surface area contributed by atoms with E-state index in [1.165, 1.54) is 17.5 Å². The van der Waals surface area contributed by atoms with Crippen LogP contribution < -0.4 is 5.73 Å². The van der Waals surface area contributed by atoms with Gasteiger partial charge in [-0.1, -0.05) is 5.21 Å². The summed E-state index contributed by atoms with van der Waals surface area (Å²) in [5.74, 6) is -7.26. The normalized spacial score (nSPS) is 28.5. The Morgan fingerprint density at radius 2 is 1.93 bits per heavy atom. The first kappa shape index (κ1) is 26.8. The number of carbonyl (C=O) groups is 1. The molecule has 40 heavy (non-hydrogen) atoms. The van der Waals surface area contributed by atoms with Crippen molar-refractivity contribution in [1.29, 1.82) is 0 Å². The van der Waals surface area contributed by atoms with Crippen molar-refractivity contribution in [2.45, 2.75) is 42.5 Å². The van der Waals surface area contributed by atoms with Crippen LogP contribution in [0.5, 0.6) is 0 Å². The molecule has 0 radical (unpaired) electrons. The number of thiophene rings is 1. The van der Waals surface area contributed by atoms with Gasteiger partial charge in [0.2, 0.25) is 11.7 Å². The molecule has 5 N–H and O–H groups in total. The second kappa shape index (κ2) is 9.90. The number of hydrogen-bond donors (Lipinski definition) is 4. The van der Waals surface area contributed by atoms with Gasteiger partial charge in [-0.15, -0.1) is 16.4 Å². The molecule has 0 unspecified atom stereocenters. The van der Waals surface area contributed by atoms with Crippen molar-refractivity contribution in [2.24, 2.45) is 5.73 Å². The molecule has 2 aliphatic heterocycles. The van der Waals surface area contributed by atoms with Crippen LogP contribution in [0.1, 0.15) is 33.6 Å². The highest BCUT2D eigenvalue weighted by Crippen LogP contribution is 2.52. The lowest BCUT2D eigenvalue weighted by molar-refractivity contribution is -0.344. The van der Waals surface area contributed by atoms with E-state index in [4.69, 9.17) is 15.2 Å². The van der Waals surface area contributed by atoms with Gasteiger partial charge in [-0.3, -0.25) is 4.79 Å². The first-order chi connectivity index (χ1) is 19.1. The summed E-state index contributed by atoms with van der Waals surface area (Å²) < 4.78 is 55.2. The molecule has 1 spiro atoms. The summed E-state index contributed by atoms with van der Waals surface area (Å²) in [7, 11) is 0. The zero-order valence-electron chi connectivity index (χ0n) is 20.6. The molecule has 210 valence electrons. The highest BCUT2D eigenvalue weighted by molar-refractivity contribution is 7.19. The third-order valence-electron chi connectivity index (χ3n) is 7.46. The van der Waals surface area contributed by atoms with Gasteiger partial charge in [0.25, 0.3) is 0 Å². The number of benzene rings is 2. The van der Waals surface area contributed by atoms with Crippen LogP contribution in [0.15, 0.2) is 42.6 Å². The summed E-state index contributed by atoms with van der Waals surface area (Å²) in [5, 5.41) is 41.4. The number of amides is 1. The van der Waals surface area contributed by atoms with E-state index in [0.29, 0.717) is 12.0 Å². The van der Waals surface area contributed by atoms with Crippen molar-refractivity contribution in [3.05, 3.63) is 70.5 Å². The molecular formula is C26H23F3N4O6S. The number of nitrogens with zero attached hydrogens (tertiary/aromatic N) is 3. The van der Waals surface area contributed by atoms with E-state index >= 15 is 0 Å². The highest BCUT2D eigenvalue weighted by Gasteiger charge is 2.62. The molecule has 4 aromatic rings. The molecule has 14 heteroatoms. The van der Waals surface area contributed by atoms with Crippen LogP contribution in [0.3, 0.4) is 0 Å². The summed E-state index contributed by atoms with van der Waals surface area (Å²) >= 11 is 1.41. The maximum absolute atomic E-state index is 13.8. The largest absolute Gasteiger partial charge is 0.394 e. The number of ether oxygens (including phenoxy) is 2. The highest BCUT2D eigenvalue weighted by atomic mass is 32.1. The minimum atomic E-state index is -1.70. The lowest BCUT2D eigenvalue weighted by Crippen LogP contribution is -2.64. The van der Waals surface area contributed by atoms with Gasteiger partial charge in [0.1, 0.15) is 30.0 Å². The van der Waals surface area contributed by atoms with Crippen molar-refractivity contribution in [3.8, 4) is 11.3 Å². The minimum Gasteiger partial charge on any atom is -0.394 e. The average Bonchev–Trinajstić information content (AvgIpc) is 3.67. The topological polar surface area (TPSA) is 153 Å². The van der Waals surface area contributed by atoms with Crippen LogP contribution in [0.25, 0.3) is 21.3 Å². The molecule has 2 aromatic carbocycles. The van der Waals surface area contributed by atoms with Gasteiger partial charge in [0.05, 0.1) is 25.3 Å². The van der Waals surface area contributed by atoms with Gasteiger partial charge in [-0.2, -0.15) is 0 Å². The Labute approximate surface area is 228 Å². The van der Waals surface area contributed by atoms with E-state index in [9.17, 15) is 33.3 Å². The molecular weight excluding hydrogens is 553 g/mol. The number of nitrogens with two attached hydrogens (primary N) is 1. The van der Waals surface area contributed by atoms with Gasteiger partial charge in [-0.25, -0.2) is 17.9 Å². The Morgan fingerprint density at radius 1 is 1.18 bits per heavy atom. The molecule has 6 rings (SSSR count). The van der Waals surface area contributed by atoms with Gasteiger partial charge >= 0.3 is 0 Å². The Kier molecular flexibility index (Phi) is 6.64. The van der Waals surface area contributed by atoms with Gasteiger partial charge in [-0.05, 0) is 48.2 Å². The number of carbonyl (C=O) groups excluding carboxylic acids is 1. The van der Waals surface area contributed by atoms with Crippen LogP contribution in [0, 0.1) is 17.5 Å². The number of aromatic nitrogens is 3. The van der Waals surface area contributed by atoms with Crippen LogP contribution in [0.2, 0.25) is 0 Å². The second-order valence-corrected chi connectivity index (χ2v) is 10.9. The van der Waals surface area contributed by atoms with E-state index in [0.717, 1.165) is 31.8 Å². The lowest BCUT2D eigenvalue weighted by Gasteiger charge is -2.49. The molecule has 2 aliphatic rings. The fourth-order valence-corrected chi connectivity index (χ4v) is 6.74. The Balaban J connectivity index is 1.38. The molecule has 4 heterocycles. The number of halogens is 3. The number of rotatable bonds is 5. The summed E-state index contributed by atoms with van der Waals surface area (Å²) in [6.07, 6.45) is -2.54.